The average molecular weight is 191 g/mol. The summed E-state index contributed by atoms with van der Waals surface area (Å²) in [4.78, 5) is 21.3. The van der Waals surface area contributed by atoms with Crippen molar-refractivity contribution >= 4 is 17.5 Å². The van der Waals surface area contributed by atoms with E-state index >= 15 is 0 Å². The molecule has 0 atom stereocenters. The fourth-order valence-electron chi connectivity index (χ4n) is 0.842. The molecule has 1 aromatic rings. The van der Waals surface area contributed by atoms with Gasteiger partial charge in [0.15, 0.2) is 0 Å². The Morgan fingerprint density at radius 1 is 1.43 bits per heavy atom. The first-order valence-electron chi connectivity index (χ1n) is 3.96. The zero-order valence-corrected chi connectivity index (χ0v) is 7.57. The summed E-state index contributed by atoms with van der Waals surface area (Å²) in [7, 11) is 0. The van der Waals surface area contributed by atoms with E-state index in [-0.39, 0.29) is 17.0 Å². The number of phenols is 1. The number of benzene rings is 1. The summed E-state index contributed by atoms with van der Waals surface area (Å²) in [6.07, 6.45) is 0. The lowest BCUT2D eigenvalue weighted by Gasteiger charge is -2.04. The Morgan fingerprint density at radius 3 is 2.64 bits per heavy atom. The number of hydrogen-bond donors (Lipinski definition) is 2. The van der Waals surface area contributed by atoms with Gasteiger partial charge in [0.25, 0.3) is 5.91 Å². The van der Waals surface area contributed by atoms with Gasteiger partial charge in [0.2, 0.25) is 0 Å². The summed E-state index contributed by atoms with van der Waals surface area (Å²) >= 11 is 0. The van der Waals surface area contributed by atoms with E-state index in [0.29, 0.717) is 0 Å². The van der Waals surface area contributed by atoms with Crippen molar-refractivity contribution in [3.63, 3.8) is 0 Å². The Hall–Kier alpha value is -2.06. The van der Waals surface area contributed by atoms with E-state index in [1.165, 1.54) is 25.0 Å². The Bertz CT molecular complexity index is 406. The lowest BCUT2D eigenvalue weighted by molar-refractivity contribution is -0.112. The number of aromatic hydroxyl groups is 1. The molecule has 0 bridgehead atoms. The van der Waals surface area contributed by atoms with Crippen LogP contribution in [-0.2, 0) is 9.59 Å². The van der Waals surface area contributed by atoms with Crippen molar-refractivity contribution in [2.45, 2.75) is 6.92 Å². The molecule has 0 spiro atoms. The van der Waals surface area contributed by atoms with Gasteiger partial charge in [0.1, 0.15) is 11.7 Å². The van der Waals surface area contributed by atoms with Crippen molar-refractivity contribution in [3.05, 3.63) is 29.8 Å². The van der Waals surface area contributed by atoms with E-state index in [9.17, 15) is 14.7 Å². The third-order valence-electron chi connectivity index (χ3n) is 1.65. The summed E-state index contributed by atoms with van der Waals surface area (Å²) in [5, 5.41) is 11.7. The van der Waals surface area contributed by atoms with Crippen LogP contribution in [0.5, 0.6) is 5.75 Å². The molecule has 1 amide bonds. The lowest BCUT2D eigenvalue weighted by Crippen LogP contribution is -2.12. The molecule has 0 unspecified atom stereocenters. The van der Waals surface area contributed by atoms with Crippen LogP contribution in [0.2, 0.25) is 0 Å². The van der Waals surface area contributed by atoms with Gasteiger partial charge in [-0.2, -0.15) is 0 Å². The molecule has 14 heavy (non-hydrogen) atoms. The van der Waals surface area contributed by atoms with Gasteiger partial charge in [-0.05, 0) is 19.1 Å². The molecule has 0 aliphatic rings. The molecule has 72 valence electrons. The zero-order valence-electron chi connectivity index (χ0n) is 7.57. The van der Waals surface area contributed by atoms with E-state index in [2.05, 4.69) is 5.32 Å². The second-order valence-corrected chi connectivity index (χ2v) is 2.70. The number of rotatable bonds is 2. The summed E-state index contributed by atoms with van der Waals surface area (Å²) < 4.78 is 0. The summed E-state index contributed by atoms with van der Waals surface area (Å²) in [6, 6.07) is 6.27. The summed E-state index contributed by atoms with van der Waals surface area (Å²) in [6.45, 7) is 1.35. The standard InChI is InChI=1S/C10H9NO3/c1-7(6-12)10(14)11-8-4-2-3-5-9(8)13/h2-5,13H,1H3,(H,11,14). The first kappa shape index (κ1) is 10.0. The molecule has 0 aromatic heterocycles. The Morgan fingerprint density at radius 2 is 2.07 bits per heavy atom. The molecular formula is C10H9NO3. The SMILES string of the molecule is CC(=C=O)C(=O)Nc1ccccc1O. The average Bonchev–Trinajstić information content (AvgIpc) is 2.20. The van der Waals surface area contributed by atoms with Gasteiger partial charge in [-0.15, -0.1) is 0 Å². The Kier molecular flexibility index (Phi) is 3.05. The number of nitrogens with one attached hydrogen (secondary N) is 1. The number of carbonyl (C=O) groups excluding carboxylic acids is 2. The van der Waals surface area contributed by atoms with Crippen molar-refractivity contribution < 1.29 is 14.7 Å². The molecule has 0 fully saturated rings. The fourth-order valence-corrected chi connectivity index (χ4v) is 0.842. The minimum Gasteiger partial charge on any atom is -0.506 e. The van der Waals surface area contributed by atoms with Crippen molar-refractivity contribution in [2.75, 3.05) is 5.32 Å². The second-order valence-electron chi connectivity index (χ2n) is 2.70. The van der Waals surface area contributed by atoms with Crippen LogP contribution in [0.3, 0.4) is 0 Å². The highest BCUT2D eigenvalue weighted by atomic mass is 16.3. The van der Waals surface area contributed by atoms with Crippen LogP contribution < -0.4 is 5.32 Å². The number of para-hydroxylation sites is 2. The van der Waals surface area contributed by atoms with E-state index < -0.39 is 5.91 Å². The minimum absolute atomic E-state index is 0.0421. The van der Waals surface area contributed by atoms with Crippen molar-refractivity contribution in [3.8, 4) is 5.75 Å². The van der Waals surface area contributed by atoms with E-state index in [1.807, 2.05) is 0 Å². The van der Waals surface area contributed by atoms with Gasteiger partial charge < -0.3 is 10.4 Å². The second kappa shape index (κ2) is 4.25. The van der Waals surface area contributed by atoms with Crippen LogP contribution in [-0.4, -0.2) is 17.0 Å². The highest BCUT2D eigenvalue weighted by Gasteiger charge is 2.07. The predicted molar refractivity (Wildman–Crippen MR) is 51.6 cm³/mol. The highest BCUT2D eigenvalue weighted by molar-refractivity contribution is 6.08. The smallest absolute Gasteiger partial charge is 0.262 e. The Balaban J connectivity index is 2.85. The fraction of sp³-hybridized carbons (Fsp3) is 0.100. The van der Waals surface area contributed by atoms with Crippen LogP contribution in [0.1, 0.15) is 6.92 Å². The van der Waals surface area contributed by atoms with E-state index in [0.717, 1.165) is 0 Å². The molecule has 1 aromatic carbocycles. The number of anilines is 1. The van der Waals surface area contributed by atoms with Crippen LogP contribution in [0.25, 0.3) is 0 Å². The first-order chi connectivity index (χ1) is 6.65. The normalized spacial score (nSPS) is 8.93. The lowest BCUT2D eigenvalue weighted by atomic mass is 10.2. The summed E-state index contributed by atoms with van der Waals surface area (Å²) in [5.41, 5.74) is 0.209. The largest absolute Gasteiger partial charge is 0.506 e. The molecule has 2 N–H and O–H groups in total. The molecule has 1 rings (SSSR count). The maximum atomic E-state index is 11.2. The van der Waals surface area contributed by atoms with Crippen LogP contribution in [0.4, 0.5) is 5.69 Å². The van der Waals surface area contributed by atoms with Gasteiger partial charge >= 0.3 is 0 Å². The predicted octanol–water partition coefficient (Wildman–Crippen LogP) is 1.11. The molecule has 0 heterocycles. The number of carbonyl (C=O) groups is 1. The molecule has 0 aliphatic heterocycles. The third-order valence-corrected chi connectivity index (χ3v) is 1.65. The highest BCUT2D eigenvalue weighted by Crippen LogP contribution is 2.21. The molecule has 0 saturated carbocycles. The molecule has 4 nitrogen and oxygen atoms in total. The van der Waals surface area contributed by atoms with Gasteiger partial charge in [-0.1, -0.05) is 12.1 Å². The zero-order chi connectivity index (χ0) is 10.6. The number of hydrogen-bond acceptors (Lipinski definition) is 3. The monoisotopic (exact) mass is 191 g/mol. The molecule has 0 radical (unpaired) electrons. The van der Waals surface area contributed by atoms with Crippen LogP contribution >= 0.6 is 0 Å². The van der Waals surface area contributed by atoms with Crippen LogP contribution in [0, 0.1) is 0 Å². The minimum atomic E-state index is -0.568. The maximum absolute atomic E-state index is 11.2. The number of phenolic OH excluding ortho intramolecular Hbond substituents is 1. The van der Waals surface area contributed by atoms with Crippen molar-refractivity contribution in [2.24, 2.45) is 0 Å². The first-order valence-corrected chi connectivity index (χ1v) is 3.96. The van der Waals surface area contributed by atoms with Gasteiger partial charge in [0.05, 0.1) is 11.3 Å². The topological polar surface area (TPSA) is 66.4 Å². The third kappa shape index (κ3) is 2.21. The molecule has 0 saturated heterocycles. The van der Waals surface area contributed by atoms with Gasteiger partial charge in [0, 0.05) is 0 Å². The van der Waals surface area contributed by atoms with Crippen molar-refractivity contribution in [1.82, 2.24) is 0 Å². The van der Waals surface area contributed by atoms with E-state index in [4.69, 9.17) is 0 Å². The molecule has 4 heteroatoms. The number of amides is 1. The van der Waals surface area contributed by atoms with Gasteiger partial charge in [-0.25, -0.2) is 4.79 Å². The quantitative estimate of drug-likeness (QED) is 0.418. The molecular weight excluding hydrogens is 182 g/mol. The summed E-state index contributed by atoms with van der Waals surface area (Å²) in [5.74, 6) is 0.867. The van der Waals surface area contributed by atoms with Gasteiger partial charge in [-0.3, -0.25) is 4.79 Å². The molecule has 0 aliphatic carbocycles. The Labute approximate surface area is 80.9 Å². The maximum Gasteiger partial charge on any atom is 0.262 e. The van der Waals surface area contributed by atoms with Crippen LogP contribution in [0.15, 0.2) is 29.8 Å². The van der Waals surface area contributed by atoms with E-state index in [1.54, 1.807) is 12.1 Å². The van der Waals surface area contributed by atoms with Crippen molar-refractivity contribution in [1.29, 1.82) is 0 Å².